The summed E-state index contributed by atoms with van der Waals surface area (Å²) in [6.45, 7) is -0.0906. The van der Waals surface area contributed by atoms with Crippen LogP contribution in [0.5, 0.6) is 0 Å². The second-order valence-corrected chi connectivity index (χ2v) is 4.42. The highest BCUT2D eigenvalue weighted by atomic mass is 16.6. The summed E-state index contributed by atoms with van der Waals surface area (Å²) in [5.41, 5.74) is -0.390. The van der Waals surface area contributed by atoms with E-state index in [0.29, 0.717) is 0 Å². The van der Waals surface area contributed by atoms with E-state index in [1.807, 2.05) is 0 Å². The highest BCUT2D eigenvalue weighted by Gasteiger charge is 2.30. The minimum Gasteiger partial charge on any atom is -0.329 e. The number of nitro groups is 2. The first-order chi connectivity index (χ1) is 10.6. The van der Waals surface area contributed by atoms with Crippen molar-refractivity contribution >= 4 is 22.4 Å². The monoisotopic (exact) mass is 306 g/mol. The van der Waals surface area contributed by atoms with E-state index in [-0.39, 0.29) is 50.8 Å². The Morgan fingerprint density at radius 1 is 0.909 bits per heavy atom. The van der Waals surface area contributed by atoms with E-state index in [1.165, 1.54) is 0 Å². The van der Waals surface area contributed by atoms with Gasteiger partial charge in [0, 0.05) is 0 Å². The van der Waals surface area contributed by atoms with Crippen molar-refractivity contribution in [1.29, 1.82) is 0 Å². The van der Waals surface area contributed by atoms with Gasteiger partial charge in [-0.05, 0) is 0 Å². The average Bonchev–Trinajstić information content (AvgIpc) is 3.09. The van der Waals surface area contributed by atoms with Crippen molar-refractivity contribution in [3.05, 3.63) is 41.9 Å². The van der Waals surface area contributed by atoms with E-state index in [1.54, 1.807) is 0 Å². The Kier molecular flexibility index (Phi) is 2.17. The highest BCUT2D eigenvalue weighted by molar-refractivity contribution is 5.90. The number of hydrogen-bond acceptors (Lipinski definition) is 7. The highest BCUT2D eigenvalue weighted by Crippen LogP contribution is 2.24. The molecule has 0 saturated carbocycles. The van der Waals surface area contributed by atoms with Crippen LogP contribution in [0.1, 0.15) is 0 Å². The molecule has 0 radical (unpaired) electrons. The molecule has 22 heavy (non-hydrogen) atoms. The maximum atomic E-state index is 11.4. The van der Waals surface area contributed by atoms with Crippen LogP contribution in [0.15, 0.2) is 14.6 Å². The number of nitro benzene ring substituents is 2. The number of aromatic nitrogens is 4. The molecule has 0 fully saturated rings. The molecule has 0 atom stereocenters. The zero-order chi connectivity index (χ0) is 15.4. The van der Waals surface area contributed by atoms with Gasteiger partial charge in [-0.15, -0.1) is 0 Å². The average molecular weight is 306 g/mol. The van der Waals surface area contributed by atoms with Crippen molar-refractivity contribution < 1.29 is 14.5 Å². The Hall–Kier alpha value is -3.64. The molecule has 0 amide bonds. The van der Waals surface area contributed by atoms with Gasteiger partial charge in [0.15, 0.2) is 32.7 Å². The summed E-state index contributed by atoms with van der Waals surface area (Å²) in [5, 5.41) is 27.4. The Morgan fingerprint density at radius 3 is 1.77 bits per heavy atom. The predicted molar refractivity (Wildman–Crippen MR) is 67.0 cm³/mol. The molecule has 3 aliphatic rings. The molecule has 0 saturated heterocycles. The molecule has 1 aromatic rings. The molecule has 4 rings (SSSR count). The van der Waals surface area contributed by atoms with Crippen LogP contribution in [0.3, 0.4) is 0 Å². The number of H-pyrrole nitrogens is 4. The first-order valence-electron chi connectivity index (χ1n) is 5.92. The largest absolute Gasteiger partial charge is 0.329 e. The van der Waals surface area contributed by atoms with Crippen LogP contribution >= 0.6 is 0 Å². The maximum Gasteiger partial charge on any atom is 0.322 e. The second-order valence-electron chi connectivity index (χ2n) is 4.42. The second kappa shape index (κ2) is 3.94. The van der Waals surface area contributed by atoms with Crippen LogP contribution in [-0.2, 0) is 0 Å². The molecule has 0 bridgehead atoms. The lowest BCUT2D eigenvalue weighted by molar-refractivity contribution is -0.388. The van der Waals surface area contributed by atoms with Crippen LogP contribution in [0.4, 0.5) is 11.4 Å². The summed E-state index contributed by atoms with van der Waals surface area (Å²) < 4.78 is 4.74. The normalized spacial score (nSPS) is 12.9. The number of fused-ring (bicyclic) bond motifs is 2. The SMILES string of the molecule is O=[N+]([O-])c1c2c(c([N+](=O)[O-])c3[nH]c4[nH]o[nH]c=4[nH]c13)=NCN=2. The summed E-state index contributed by atoms with van der Waals surface area (Å²) in [6.07, 6.45) is 0. The van der Waals surface area contributed by atoms with Crippen molar-refractivity contribution in [2.45, 2.75) is 0 Å². The van der Waals surface area contributed by atoms with Crippen LogP contribution in [0.25, 0.3) is 11.0 Å². The van der Waals surface area contributed by atoms with E-state index in [9.17, 15) is 20.2 Å². The van der Waals surface area contributed by atoms with Crippen molar-refractivity contribution in [3.63, 3.8) is 0 Å². The molecule has 3 heterocycles. The molecule has 0 aliphatic carbocycles. The number of benzene rings is 1. The van der Waals surface area contributed by atoms with Gasteiger partial charge in [0.05, 0.1) is 9.85 Å². The van der Waals surface area contributed by atoms with Crippen LogP contribution in [-0.4, -0.2) is 36.8 Å². The number of hydrogen-bond donors (Lipinski definition) is 4. The van der Waals surface area contributed by atoms with Gasteiger partial charge < -0.3 is 9.97 Å². The lowest BCUT2D eigenvalue weighted by Crippen LogP contribution is -2.29. The Bertz CT molecular complexity index is 1080. The van der Waals surface area contributed by atoms with E-state index in [2.05, 4.69) is 30.3 Å². The van der Waals surface area contributed by atoms with E-state index < -0.39 is 9.85 Å². The molecular weight excluding hydrogens is 300 g/mol. The quantitative estimate of drug-likeness (QED) is 0.370. The van der Waals surface area contributed by atoms with Gasteiger partial charge in [-0.2, -0.15) is 10.3 Å². The van der Waals surface area contributed by atoms with Crippen molar-refractivity contribution in [2.24, 2.45) is 9.98 Å². The van der Waals surface area contributed by atoms with Gasteiger partial charge in [-0.3, -0.25) is 34.8 Å². The minimum atomic E-state index is -0.658. The first kappa shape index (κ1) is 12.1. The maximum absolute atomic E-state index is 11.4. The van der Waals surface area contributed by atoms with Gasteiger partial charge in [0.2, 0.25) is 0 Å². The predicted octanol–water partition coefficient (Wildman–Crippen LogP) is -0.379. The molecule has 3 aliphatic heterocycles. The molecule has 0 spiro atoms. The molecule has 1 aromatic carbocycles. The van der Waals surface area contributed by atoms with E-state index in [0.717, 1.165) is 0 Å². The van der Waals surface area contributed by atoms with Gasteiger partial charge in [0.1, 0.15) is 6.67 Å². The zero-order valence-corrected chi connectivity index (χ0v) is 10.5. The molecule has 0 unspecified atom stereocenters. The summed E-state index contributed by atoms with van der Waals surface area (Å²) in [6, 6.07) is 0. The van der Waals surface area contributed by atoms with Gasteiger partial charge in [0.25, 0.3) is 0 Å². The topological polar surface area (TPSA) is 187 Å². The summed E-state index contributed by atoms with van der Waals surface area (Å²) in [5.74, 6) is 0. The lowest BCUT2D eigenvalue weighted by atomic mass is 10.2. The number of nitrogens with one attached hydrogen (secondary N) is 4. The first-order valence-corrected chi connectivity index (χ1v) is 5.92. The van der Waals surface area contributed by atoms with Crippen molar-refractivity contribution in [3.8, 4) is 0 Å². The van der Waals surface area contributed by atoms with Crippen molar-refractivity contribution in [2.75, 3.05) is 6.67 Å². The Morgan fingerprint density at radius 2 is 1.36 bits per heavy atom. The number of aromatic amines is 4. The van der Waals surface area contributed by atoms with Gasteiger partial charge >= 0.3 is 11.4 Å². The smallest absolute Gasteiger partial charge is 0.322 e. The van der Waals surface area contributed by atoms with E-state index >= 15 is 0 Å². The number of nitrogens with zero attached hydrogens (tertiary/aromatic N) is 4. The van der Waals surface area contributed by atoms with Crippen molar-refractivity contribution in [1.82, 2.24) is 20.3 Å². The number of non-ortho nitro benzene ring substituents is 2. The zero-order valence-electron chi connectivity index (χ0n) is 10.5. The Labute approximate surface area is 116 Å². The fourth-order valence-electron chi connectivity index (χ4n) is 2.43. The fraction of sp³-hybridized carbons (Fsp3) is 0.111. The number of rotatable bonds is 2. The third-order valence-corrected chi connectivity index (χ3v) is 3.28. The minimum absolute atomic E-state index is 0.0742. The summed E-state index contributed by atoms with van der Waals surface area (Å²) >= 11 is 0. The molecule has 13 heteroatoms. The summed E-state index contributed by atoms with van der Waals surface area (Å²) in [7, 11) is 0. The lowest BCUT2D eigenvalue weighted by Gasteiger charge is -2.01. The summed E-state index contributed by atoms with van der Waals surface area (Å²) in [4.78, 5) is 34.7. The third kappa shape index (κ3) is 1.41. The molecule has 13 nitrogen and oxygen atoms in total. The molecule has 112 valence electrons. The third-order valence-electron chi connectivity index (χ3n) is 3.28. The standard InChI is InChI=1S/C9H6N8O5/c18-16(19)6-2-3(11-1-10-2)7(17(20)21)5-4(6)12-8-9(13-5)15-22-14-8/h12-15H,1H2. The molecular formula is C9H6N8O5. The molecule has 0 aromatic heterocycles. The van der Waals surface area contributed by atoms with E-state index in [4.69, 9.17) is 4.63 Å². The van der Waals surface area contributed by atoms with Gasteiger partial charge in [-0.1, -0.05) is 0 Å². The van der Waals surface area contributed by atoms with Crippen LogP contribution < -0.4 is 10.7 Å². The molecule has 4 N–H and O–H groups in total. The van der Waals surface area contributed by atoms with Gasteiger partial charge in [-0.25, -0.2) is 0 Å². The van der Waals surface area contributed by atoms with Crippen LogP contribution in [0, 0.1) is 31.2 Å². The fourth-order valence-corrected chi connectivity index (χ4v) is 2.43. The Balaban J connectivity index is 2.41. The van der Waals surface area contributed by atoms with Crippen LogP contribution in [0.2, 0.25) is 0 Å².